The van der Waals surface area contributed by atoms with E-state index in [1.54, 1.807) is 13.3 Å². The minimum atomic E-state index is -0.775. The van der Waals surface area contributed by atoms with Gasteiger partial charge in [-0.3, -0.25) is 9.78 Å². The van der Waals surface area contributed by atoms with E-state index in [1.165, 1.54) is 5.56 Å². The predicted molar refractivity (Wildman–Crippen MR) is 137 cm³/mol. The summed E-state index contributed by atoms with van der Waals surface area (Å²) in [6, 6.07) is 17.7. The van der Waals surface area contributed by atoms with Gasteiger partial charge in [0.25, 0.3) is 0 Å². The van der Waals surface area contributed by atoms with E-state index in [2.05, 4.69) is 28.6 Å². The average molecular weight is 475 g/mol. The Balaban J connectivity index is 1.41. The minimum absolute atomic E-state index is 0.0234. The predicted octanol–water partition coefficient (Wildman–Crippen LogP) is 5.23. The van der Waals surface area contributed by atoms with Gasteiger partial charge in [-0.25, -0.2) is 0 Å². The van der Waals surface area contributed by atoms with Gasteiger partial charge in [-0.05, 0) is 66.5 Å². The molecule has 1 aromatic heterocycles. The van der Waals surface area contributed by atoms with Crippen LogP contribution in [0.15, 0.2) is 73.1 Å². The highest BCUT2D eigenvalue weighted by Gasteiger charge is 2.31. The number of fused-ring (bicyclic) bond motifs is 1. The van der Waals surface area contributed by atoms with Crippen LogP contribution in [0.4, 0.5) is 0 Å². The van der Waals surface area contributed by atoms with E-state index < -0.39 is 12.1 Å². The highest BCUT2D eigenvalue weighted by atomic mass is 16.5. The summed E-state index contributed by atoms with van der Waals surface area (Å²) >= 11 is 0. The number of aliphatic carboxylic acids is 1. The molecule has 4 rings (SSSR count). The van der Waals surface area contributed by atoms with Gasteiger partial charge in [0.15, 0.2) is 0 Å². The molecule has 35 heavy (non-hydrogen) atoms. The van der Waals surface area contributed by atoms with Crippen LogP contribution in [-0.2, 0) is 11.2 Å². The third-order valence-electron chi connectivity index (χ3n) is 7.18. The van der Waals surface area contributed by atoms with Crippen LogP contribution in [0.3, 0.4) is 0 Å². The SMILES string of the molecule is C=C(Cc1ccccc1)N1CC[C@@H](CC[C@@H](O)c2ccnc3ccc(OC)cc23)[C@@H](CC(=O)O)C1. The first-order valence-corrected chi connectivity index (χ1v) is 12.2. The van der Waals surface area contributed by atoms with Gasteiger partial charge in [0.1, 0.15) is 5.75 Å². The van der Waals surface area contributed by atoms with Gasteiger partial charge in [-0.1, -0.05) is 36.9 Å². The van der Waals surface area contributed by atoms with Crippen LogP contribution in [-0.4, -0.2) is 46.3 Å². The number of aliphatic hydroxyl groups is 1. The Morgan fingerprint density at radius 1 is 1.20 bits per heavy atom. The first kappa shape index (κ1) is 24.7. The van der Waals surface area contributed by atoms with Crippen molar-refractivity contribution in [2.75, 3.05) is 20.2 Å². The summed E-state index contributed by atoms with van der Waals surface area (Å²) in [5.74, 6) is 0.214. The summed E-state index contributed by atoms with van der Waals surface area (Å²) in [5, 5.41) is 21.5. The number of likely N-dealkylation sites (tertiary alicyclic amines) is 1. The molecule has 0 unspecified atom stereocenters. The number of pyridine rings is 1. The number of allylic oxidation sites excluding steroid dienone is 1. The number of carboxylic acids is 1. The third-order valence-corrected chi connectivity index (χ3v) is 7.18. The van der Waals surface area contributed by atoms with Gasteiger partial charge < -0.3 is 19.8 Å². The van der Waals surface area contributed by atoms with Gasteiger partial charge in [0.2, 0.25) is 0 Å². The second-order valence-corrected chi connectivity index (χ2v) is 9.46. The number of methoxy groups -OCH3 is 1. The van der Waals surface area contributed by atoms with Crippen LogP contribution in [0.2, 0.25) is 0 Å². The van der Waals surface area contributed by atoms with E-state index in [-0.39, 0.29) is 18.3 Å². The third kappa shape index (κ3) is 6.20. The second kappa shape index (κ2) is 11.4. The standard InChI is InChI=1S/C29H34N2O4/c1-20(16-21-6-4-3-5-7-21)31-15-13-22(23(19-31)17-29(33)34)8-11-28(32)25-12-14-30-27-10-9-24(35-2)18-26(25)27/h3-7,9-10,12,14,18,22-23,28,32H,1,8,11,13,15-17,19H2,2H3,(H,33,34)/t22-,23+,28-/m1/s1. The average Bonchev–Trinajstić information content (AvgIpc) is 2.87. The Labute approximate surface area is 206 Å². The molecule has 0 amide bonds. The molecule has 2 aromatic carbocycles. The molecule has 3 aromatic rings. The van der Waals surface area contributed by atoms with Gasteiger partial charge >= 0.3 is 5.97 Å². The number of piperidine rings is 1. The monoisotopic (exact) mass is 474 g/mol. The Bertz CT molecular complexity index is 1160. The van der Waals surface area contributed by atoms with Crippen molar-refractivity contribution in [2.45, 2.75) is 38.2 Å². The zero-order chi connectivity index (χ0) is 24.8. The highest BCUT2D eigenvalue weighted by molar-refractivity contribution is 5.83. The Morgan fingerprint density at radius 2 is 2.00 bits per heavy atom. The van der Waals surface area contributed by atoms with Crippen molar-refractivity contribution >= 4 is 16.9 Å². The molecule has 6 nitrogen and oxygen atoms in total. The van der Waals surface area contributed by atoms with Crippen LogP contribution >= 0.6 is 0 Å². The van der Waals surface area contributed by atoms with Gasteiger partial charge in [0.05, 0.1) is 25.2 Å². The first-order chi connectivity index (χ1) is 16.9. The molecular weight excluding hydrogens is 440 g/mol. The number of ether oxygens (including phenoxy) is 1. The van der Waals surface area contributed by atoms with Crippen molar-refractivity contribution in [3.05, 3.63) is 84.2 Å². The summed E-state index contributed by atoms with van der Waals surface area (Å²) in [6.45, 7) is 5.84. The number of nitrogens with zero attached hydrogens (tertiary/aromatic N) is 2. The minimum Gasteiger partial charge on any atom is -0.497 e. The zero-order valence-corrected chi connectivity index (χ0v) is 20.3. The fraction of sp³-hybridized carbons (Fsp3) is 0.379. The maximum Gasteiger partial charge on any atom is 0.303 e. The number of hydrogen-bond donors (Lipinski definition) is 2. The normalized spacial score (nSPS) is 18.9. The number of aliphatic hydroxyl groups excluding tert-OH is 1. The number of aromatic nitrogens is 1. The molecule has 0 bridgehead atoms. The molecule has 1 aliphatic heterocycles. The summed E-state index contributed by atoms with van der Waals surface area (Å²) in [7, 11) is 1.62. The fourth-order valence-corrected chi connectivity index (χ4v) is 5.24. The quantitative estimate of drug-likeness (QED) is 0.419. The lowest BCUT2D eigenvalue weighted by Crippen LogP contribution is -2.41. The topological polar surface area (TPSA) is 82.9 Å². The van der Waals surface area contributed by atoms with Crippen molar-refractivity contribution in [3.63, 3.8) is 0 Å². The smallest absolute Gasteiger partial charge is 0.303 e. The van der Waals surface area contributed by atoms with Gasteiger partial charge in [-0.15, -0.1) is 0 Å². The Hall–Kier alpha value is -3.38. The van der Waals surface area contributed by atoms with E-state index in [0.29, 0.717) is 13.0 Å². The van der Waals surface area contributed by atoms with Crippen molar-refractivity contribution in [1.82, 2.24) is 9.88 Å². The van der Waals surface area contributed by atoms with E-state index in [1.807, 2.05) is 42.5 Å². The maximum atomic E-state index is 11.6. The molecule has 0 saturated carbocycles. The lowest BCUT2D eigenvalue weighted by atomic mass is 9.79. The van der Waals surface area contributed by atoms with E-state index >= 15 is 0 Å². The summed E-state index contributed by atoms with van der Waals surface area (Å²) in [6.07, 6.45) is 4.20. The van der Waals surface area contributed by atoms with Crippen LogP contribution in [0.1, 0.15) is 42.9 Å². The van der Waals surface area contributed by atoms with Crippen LogP contribution in [0, 0.1) is 11.8 Å². The van der Waals surface area contributed by atoms with Crippen LogP contribution in [0.25, 0.3) is 10.9 Å². The number of benzene rings is 2. The lowest BCUT2D eigenvalue weighted by molar-refractivity contribution is -0.139. The molecule has 184 valence electrons. The number of carboxylic acid groups (broad SMARTS) is 1. The molecule has 0 radical (unpaired) electrons. The Morgan fingerprint density at radius 3 is 2.74 bits per heavy atom. The molecule has 2 N–H and O–H groups in total. The van der Waals surface area contributed by atoms with Crippen molar-refractivity contribution in [1.29, 1.82) is 0 Å². The fourth-order valence-electron chi connectivity index (χ4n) is 5.24. The second-order valence-electron chi connectivity index (χ2n) is 9.46. The number of hydrogen-bond acceptors (Lipinski definition) is 5. The summed E-state index contributed by atoms with van der Waals surface area (Å²) < 4.78 is 5.35. The largest absolute Gasteiger partial charge is 0.497 e. The van der Waals surface area contributed by atoms with Crippen LogP contribution in [0.5, 0.6) is 5.75 Å². The van der Waals surface area contributed by atoms with Gasteiger partial charge in [-0.2, -0.15) is 0 Å². The van der Waals surface area contributed by atoms with Crippen LogP contribution < -0.4 is 4.74 Å². The molecule has 0 spiro atoms. The molecule has 0 aliphatic carbocycles. The first-order valence-electron chi connectivity index (χ1n) is 12.2. The van der Waals surface area contributed by atoms with Gasteiger partial charge in [0, 0.05) is 36.8 Å². The molecular formula is C29H34N2O4. The molecule has 2 heterocycles. The van der Waals surface area contributed by atoms with Crippen molar-refractivity contribution in [3.8, 4) is 5.75 Å². The number of carbonyl (C=O) groups is 1. The summed E-state index contributed by atoms with van der Waals surface area (Å²) in [4.78, 5) is 18.3. The molecule has 1 aliphatic rings. The zero-order valence-electron chi connectivity index (χ0n) is 20.3. The lowest BCUT2D eigenvalue weighted by Gasteiger charge is -2.40. The van der Waals surface area contributed by atoms with E-state index in [9.17, 15) is 15.0 Å². The van der Waals surface area contributed by atoms with E-state index in [0.717, 1.165) is 53.7 Å². The van der Waals surface area contributed by atoms with Crippen molar-refractivity contribution < 1.29 is 19.7 Å². The Kier molecular flexibility index (Phi) is 8.03. The van der Waals surface area contributed by atoms with Crippen molar-refractivity contribution in [2.24, 2.45) is 11.8 Å². The maximum absolute atomic E-state index is 11.6. The number of rotatable bonds is 10. The molecule has 3 atom stereocenters. The highest BCUT2D eigenvalue weighted by Crippen LogP contribution is 2.35. The summed E-state index contributed by atoms with van der Waals surface area (Å²) in [5.41, 5.74) is 3.88. The van der Waals surface area contributed by atoms with E-state index in [4.69, 9.17) is 4.74 Å². The molecule has 1 fully saturated rings. The molecule has 1 saturated heterocycles. The molecule has 6 heteroatoms.